The van der Waals surface area contributed by atoms with Crippen molar-refractivity contribution in [1.82, 2.24) is 9.88 Å². The molecule has 26 heavy (non-hydrogen) atoms. The van der Waals surface area contributed by atoms with Gasteiger partial charge in [0.25, 0.3) is 5.91 Å². The minimum absolute atomic E-state index is 0.269. The zero-order valence-corrected chi connectivity index (χ0v) is 14.5. The standard InChI is InChI=1S/C21H22FN3O/c22-16-6-4-14(5-7-16)13-25-19-3-1-2-17(15-8-10-24-11-9-15)18(19)12-20(25)21(23)26/h1-7,12,15,24H,8-11,13H2,(H2,23,26). The molecule has 0 radical (unpaired) electrons. The third-order valence-electron chi connectivity index (χ3n) is 5.26. The molecule has 0 atom stereocenters. The number of carbonyl (C=O) groups is 1. The number of aromatic nitrogens is 1. The highest BCUT2D eigenvalue weighted by Crippen LogP contribution is 2.33. The fourth-order valence-electron chi connectivity index (χ4n) is 3.94. The number of hydrogen-bond acceptors (Lipinski definition) is 2. The number of nitrogens with two attached hydrogens (primary N) is 1. The van der Waals surface area contributed by atoms with E-state index < -0.39 is 5.91 Å². The van der Waals surface area contributed by atoms with Crippen LogP contribution in [0.1, 0.15) is 40.4 Å². The molecule has 1 aliphatic heterocycles. The number of nitrogens with zero attached hydrogens (tertiary/aromatic N) is 1. The Morgan fingerprint density at radius 2 is 1.88 bits per heavy atom. The van der Waals surface area contributed by atoms with E-state index in [1.165, 1.54) is 17.7 Å². The van der Waals surface area contributed by atoms with Crippen molar-refractivity contribution in [2.75, 3.05) is 13.1 Å². The molecule has 4 nitrogen and oxygen atoms in total. The average Bonchev–Trinajstić information content (AvgIpc) is 3.03. The van der Waals surface area contributed by atoms with Crippen molar-refractivity contribution in [3.05, 3.63) is 71.2 Å². The third kappa shape index (κ3) is 3.10. The number of fused-ring (bicyclic) bond motifs is 1. The molecular formula is C21H22FN3O. The second-order valence-electron chi connectivity index (χ2n) is 6.91. The van der Waals surface area contributed by atoms with Crippen LogP contribution in [0.25, 0.3) is 10.9 Å². The maximum atomic E-state index is 13.2. The number of piperidine rings is 1. The number of carbonyl (C=O) groups excluding carboxylic acids is 1. The van der Waals surface area contributed by atoms with Crippen LogP contribution in [0.15, 0.2) is 48.5 Å². The van der Waals surface area contributed by atoms with Gasteiger partial charge >= 0.3 is 0 Å². The van der Waals surface area contributed by atoms with E-state index in [0.717, 1.165) is 42.4 Å². The van der Waals surface area contributed by atoms with Crippen molar-refractivity contribution >= 4 is 16.8 Å². The first-order valence-electron chi connectivity index (χ1n) is 9.00. The normalized spacial score (nSPS) is 15.4. The highest BCUT2D eigenvalue weighted by atomic mass is 19.1. The van der Waals surface area contributed by atoms with Gasteiger partial charge in [0.05, 0.1) is 0 Å². The molecular weight excluding hydrogens is 329 g/mol. The van der Waals surface area contributed by atoms with E-state index in [0.29, 0.717) is 18.2 Å². The first kappa shape index (κ1) is 16.8. The minimum atomic E-state index is -0.445. The van der Waals surface area contributed by atoms with Gasteiger partial charge in [-0.15, -0.1) is 0 Å². The topological polar surface area (TPSA) is 60.1 Å². The summed E-state index contributed by atoms with van der Waals surface area (Å²) in [6.45, 7) is 2.51. The summed E-state index contributed by atoms with van der Waals surface area (Å²) in [7, 11) is 0. The van der Waals surface area contributed by atoms with Gasteiger partial charge in [-0.2, -0.15) is 0 Å². The summed E-state index contributed by atoms with van der Waals surface area (Å²) in [4.78, 5) is 12.1. The average molecular weight is 351 g/mol. The van der Waals surface area contributed by atoms with E-state index in [-0.39, 0.29) is 5.82 Å². The van der Waals surface area contributed by atoms with Crippen molar-refractivity contribution < 1.29 is 9.18 Å². The Morgan fingerprint density at radius 1 is 1.15 bits per heavy atom. The summed E-state index contributed by atoms with van der Waals surface area (Å²) >= 11 is 0. The fraction of sp³-hybridized carbons (Fsp3) is 0.286. The number of hydrogen-bond donors (Lipinski definition) is 2. The minimum Gasteiger partial charge on any atom is -0.364 e. The second kappa shape index (κ2) is 6.92. The quantitative estimate of drug-likeness (QED) is 0.757. The van der Waals surface area contributed by atoms with Crippen molar-refractivity contribution in [3.63, 3.8) is 0 Å². The molecule has 0 bridgehead atoms. The van der Waals surface area contributed by atoms with Gasteiger partial charge in [0.2, 0.25) is 0 Å². The Bertz CT molecular complexity index is 940. The van der Waals surface area contributed by atoms with Gasteiger partial charge in [-0.3, -0.25) is 4.79 Å². The number of amides is 1. The Labute approximate surface area is 151 Å². The van der Waals surface area contributed by atoms with Crippen LogP contribution < -0.4 is 11.1 Å². The van der Waals surface area contributed by atoms with Crippen LogP contribution in [-0.2, 0) is 6.54 Å². The van der Waals surface area contributed by atoms with Gasteiger partial charge < -0.3 is 15.6 Å². The Balaban J connectivity index is 1.81. The van der Waals surface area contributed by atoms with Crippen LogP contribution in [0.4, 0.5) is 4.39 Å². The molecule has 1 aromatic heterocycles. The highest BCUT2D eigenvalue weighted by molar-refractivity contribution is 5.99. The predicted molar refractivity (Wildman–Crippen MR) is 101 cm³/mol. The summed E-state index contributed by atoms with van der Waals surface area (Å²) in [5, 5.41) is 4.49. The van der Waals surface area contributed by atoms with Gasteiger partial charge in [0.15, 0.2) is 0 Å². The Kier molecular flexibility index (Phi) is 4.47. The maximum absolute atomic E-state index is 13.2. The summed E-state index contributed by atoms with van der Waals surface area (Å²) in [6, 6.07) is 14.5. The molecule has 3 N–H and O–H groups in total. The lowest BCUT2D eigenvalue weighted by molar-refractivity contribution is 0.0992. The Morgan fingerprint density at radius 3 is 2.58 bits per heavy atom. The lowest BCUT2D eigenvalue weighted by atomic mass is 9.88. The molecule has 134 valence electrons. The molecule has 2 aromatic carbocycles. The number of primary amides is 1. The molecule has 1 fully saturated rings. The van der Waals surface area contributed by atoms with Crippen LogP contribution in [0.3, 0.4) is 0 Å². The SMILES string of the molecule is NC(=O)c1cc2c(C3CCNCC3)cccc2n1Cc1ccc(F)cc1. The number of rotatable bonds is 4. The van der Waals surface area contributed by atoms with Gasteiger partial charge in [0, 0.05) is 17.4 Å². The molecule has 4 rings (SSSR count). The van der Waals surface area contributed by atoms with Gasteiger partial charge in [-0.25, -0.2) is 4.39 Å². The van der Waals surface area contributed by atoms with Crippen LogP contribution in [0, 0.1) is 5.82 Å². The van der Waals surface area contributed by atoms with Crippen LogP contribution in [0.2, 0.25) is 0 Å². The lowest BCUT2D eigenvalue weighted by Crippen LogP contribution is -2.26. The zero-order chi connectivity index (χ0) is 18.1. The molecule has 0 spiro atoms. The molecule has 1 saturated heterocycles. The van der Waals surface area contributed by atoms with Gasteiger partial charge in [0.1, 0.15) is 11.5 Å². The van der Waals surface area contributed by atoms with Crippen molar-refractivity contribution in [2.45, 2.75) is 25.3 Å². The van der Waals surface area contributed by atoms with Gasteiger partial charge in [-0.1, -0.05) is 24.3 Å². The third-order valence-corrected chi connectivity index (χ3v) is 5.26. The maximum Gasteiger partial charge on any atom is 0.265 e. The van der Waals surface area contributed by atoms with Crippen molar-refractivity contribution in [3.8, 4) is 0 Å². The number of nitrogens with one attached hydrogen (secondary N) is 1. The van der Waals surface area contributed by atoms with E-state index >= 15 is 0 Å². The second-order valence-corrected chi connectivity index (χ2v) is 6.91. The number of benzene rings is 2. The molecule has 0 unspecified atom stereocenters. The van der Waals surface area contributed by atoms with E-state index in [9.17, 15) is 9.18 Å². The highest BCUT2D eigenvalue weighted by Gasteiger charge is 2.21. The first-order valence-corrected chi connectivity index (χ1v) is 9.00. The van der Waals surface area contributed by atoms with Crippen molar-refractivity contribution in [2.24, 2.45) is 5.73 Å². The predicted octanol–water partition coefficient (Wildman–Crippen LogP) is 3.39. The smallest absolute Gasteiger partial charge is 0.265 e. The van der Waals surface area contributed by atoms with E-state index in [2.05, 4.69) is 11.4 Å². The van der Waals surface area contributed by atoms with Crippen LogP contribution >= 0.6 is 0 Å². The summed E-state index contributed by atoms with van der Waals surface area (Å²) < 4.78 is 15.1. The van der Waals surface area contributed by atoms with Crippen LogP contribution in [-0.4, -0.2) is 23.6 Å². The molecule has 2 heterocycles. The van der Waals surface area contributed by atoms with E-state index in [1.54, 1.807) is 12.1 Å². The molecule has 1 amide bonds. The van der Waals surface area contributed by atoms with E-state index in [1.807, 2.05) is 22.8 Å². The number of halogens is 1. The monoisotopic (exact) mass is 351 g/mol. The first-order chi connectivity index (χ1) is 12.6. The van der Waals surface area contributed by atoms with Crippen molar-refractivity contribution in [1.29, 1.82) is 0 Å². The molecule has 1 aliphatic rings. The van der Waals surface area contributed by atoms with Gasteiger partial charge in [-0.05, 0) is 67.2 Å². The molecule has 0 aliphatic carbocycles. The molecule has 3 aromatic rings. The summed E-state index contributed by atoms with van der Waals surface area (Å²) in [5.74, 6) is -0.226. The summed E-state index contributed by atoms with van der Waals surface area (Å²) in [6.07, 6.45) is 2.18. The van der Waals surface area contributed by atoms with Crippen LogP contribution in [0.5, 0.6) is 0 Å². The molecule has 5 heteroatoms. The zero-order valence-electron chi connectivity index (χ0n) is 14.5. The fourth-order valence-corrected chi connectivity index (χ4v) is 3.94. The molecule has 0 saturated carbocycles. The van der Waals surface area contributed by atoms with E-state index in [4.69, 9.17) is 5.73 Å². The largest absolute Gasteiger partial charge is 0.364 e. The lowest BCUT2D eigenvalue weighted by Gasteiger charge is -2.23. The Hall–Kier alpha value is -2.66. The summed E-state index contributed by atoms with van der Waals surface area (Å²) in [5.41, 5.74) is 9.36.